The van der Waals surface area contributed by atoms with Gasteiger partial charge < -0.3 is 20.4 Å². The topological polar surface area (TPSA) is 81.9 Å². The van der Waals surface area contributed by atoms with Crippen LogP contribution in [0.25, 0.3) is 0 Å². The predicted octanol–water partition coefficient (Wildman–Crippen LogP) is 4.32. The summed E-state index contributed by atoms with van der Waals surface area (Å²) in [6.45, 7) is 7.55. The van der Waals surface area contributed by atoms with Crippen molar-refractivity contribution in [1.29, 1.82) is 0 Å². The van der Waals surface area contributed by atoms with Crippen LogP contribution >= 0.6 is 24.0 Å². The molecule has 33 heavy (non-hydrogen) atoms. The molecular weight excluding hydrogens is 529 g/mol. The summed E-state index contributed by atoms with van der Waals surface area (Å²) in [5.41, 5.74) is 1.71. The fraction of sp³-hybridized carbons (Fsp3) is 0.520. The number of aliphatic imine (C=N–C) groups is 1. The zero-order chi connectivity index (χ0) is 22.8. The van der Waals surface area contributed by atoms with Crippen molar-refractivity contribution in [3.63, 3.8) is 0 Å². The third-order valence-electron chi connectivity index (χ3n) is 6.03. The largest absolute Gasteiger partial charge is 0.468 e. The van der Waals surface area contributed by atoms with Gasteiger partial charge in [0, 0.05) is 31.7 Å². The summed E-state index contributed by atoms with van der Waals surface area (Å²) in [6.07, 6.45) is 6.40. The molecule has 1 amide bonds. The lowest BCUT2D eigenvalue weighted by Gasteiger charge is -2.33. The molecule has 1 fully saturated rings. The number of nitrogens with one attached hydrogen (secondary N) is 3. The van der Waals surface area contributed by atoms with Gasteiger partial charge in [-0.15, -0.1) is 24.0 Å². The zero-order valence-electron chi connectivity index (χ0n) is 20.0. The van der Waals surface area contributed by atoms with Crippen LogP contribution in [0.3, 0.4) is 0 Å². The lowest BCUT2D eigenvalue weighted by atomic mass is 10.1. The van der Waals surface area contributed by atoms with Gasteiger partial charge in [-0.1, -0.05) is 25.5 Å². The smallest absolute Gasteiger partial charge is 0.251 e. The molecule has 1 aliphatic rings. The maximum atomic E-state index is 12.4. The first-order valence-corrected chi connectivity index (χ1v) is 11.7. The van der Waals surface area contributed by atoms with Crippen molar-refractivity contribution in [2.75, 3.05) is 26.7 Å². The fourth-order valence-electron chi connectivity index (χ4n) is 3.95. The molecule has 2 atom stereocenters. The van der Waals surface area contributed by atoms with Gasteiger partial charge in [0.15, 0.2) is 5.96 Å². The van der Waals surface area contributed by atoms with E-state index in [4.69, 9.17) is 4.42 Å². The number of carbonyl (C=O) groups is 1. The molecule has 7 nitrogen and oxygen atoms in total. The molecule has 1 aromatic carbocycles. The summed E-state index contributed by atoms with van der Waals surface area (Å²) in [5, 5.41) is 9.84. The van der Waals surface area contributed by atoms with E-state index in [0.717, 1.165) is 36.8 Å². The number of benzene rings is 1. The van der Waals surface area contributed by atoms with Gasteiger partial charge in [0.1, 0.15) is 5.76 Å². The molecule has 0 bridgehead atoms. The van der Waals surface area contributed by atoms with Gasteiger partial charge in [-0.25, -0.2) is 0 Å². The number of furan rings is 1. The average Bonchev–Trinajstić information content (AvgIpc) is 3.36. The highest BCUT2D eigenvalue weighted by molar-refractivity contribution is 14.0. The van der Waals surface area contributed by atoms with Gasteiger partial charge in [-0.05, 0) is 69.1 Å². The summed E-state index contributed by atoms with van der Waals surface area (Å²) in [7, 11) is 1.77. The molecular formula is C25H38IN5O2. The lowest BCUT2D eigenvalue weighted by Crippen LogP contribution is -2.44. The Bertz CT molecular complexity index is 865. The molecule has 3 N–H and O–H groups in total. The summed E-state index contributed by atoms with van der Waals surface area (Å²) >= 11 is 0. The predicted molar refractivity (Wildman–Crippen MR) is 144 cm³/mol. The van der Waals surface area contributed by atoms with E-state index in [-0.39, 0.29) is 42.0 Å². The van der Waals surface area contributed by atoms with Crippen molar-refractivity contribution in [3.8, 4) is 0 Å². The summed E-state index contributed by atoms with van der Waals surface area (Å²) in [4.78, 5) is 19.3. The van der Waals surface area contributed by atoms with Crippen molar-refractivity contribution in [2.24, 2.45) is 4.99 Å². The van der Waals surface area contributed by atoms with E-state index < -0.39 is 0 Å². The van der Waals surface area contributed by atoms with E-state index in [1.54, 1.807) is 13.3 Å². The van der Waals surface area contributed by atoms with Crippen LogP contribution in [0, 0.1) is 0 Å². The van der Waals surface area contributed by atoms with Crippen LogP contribution in [-0.4, -0.2) is 49.5 Å². The van der Waals surface area contributed by atoms with Crippen LogP contribution in [0.15, 0.2) is 52.1 Å². The molecule has 2 heterocycles. The first-order chi connectivity index (χ1) is 15.6. The van der Waals surface area contributed by atoms with Crippen molar-refractivity contribution < 1.29 is 9.21 Å². The standard InChI is InChI=1S/C25H37N5O2.HI/c1-4-19(2)29-24(31)21-11-8-10-20(16-21)17-27-25(26-3)28-18-22(23-12-9-15-32-23)30-13-6-5-7-14-30;/h8-12,15-16,19,22H,4-7,13-14,17-18H2,1-3H3,(H,29,31)(H2,26,27,28);1H. The van der Waals surface area contributed by atoms with E-state index in [2.05, 4.69) is 32.8 Å². The quantitative estimate of drug-likeness (QED) is 0.239. The van der Waals surface area contributed by atoms with Gasteiger partial charge in [-0.2, -0.15) is 0 Å². The number of piperidine rings is 1. The SMILES string of the molecule is CCC(C)NC(=O)c1cccc(CNC(=NC)NCC(c2ccco2)N2CCCCC2)c1.I. The number of carbonyl (C=O) groups excluding carboxylic acids is 1. The van der Waals surface area contributed by atoms with E-state index in [0.29, 0.717) is 18.7 Å². The molecule has 0 saturated carbocycles. The summed E-state index contributed by atoms with van der Waals surface area (Å²) in [5.74, 6) is 1.68. The van der Waals surface area contributed by atoms with Crippen LogP contribution in [0.2, 0.25) is 0 Å². The Kier molecular flexibility index (Phi) is 11.7. The van der Waals surface area contributed by atoms with Crippen LogP contribution in [0.5, 0.6) is 0 Å². The lowest BCUT2D eigenvalue weighted by molar-refractivity contribution is 0.0939. The van der Waals surface area contributed by atoms with E-state index in [9.17, 15) is 4.79 Å². The Morgan fingerprint density at radius 2 is 1.94 bits per heavy atom. The third-order valence-corrected chi connectivity index (χ3v) is 6.03. The normalized spacial score (nSPS) is 16.4. The highest BCUT2D eigenvalue weighted by Gasteiger charge is 2.24. The highest BCUT2D eigenvalue weighted by Crippen LogP contribution is 2.24. The maximum absolute atomic E-state index is 12.4. The molecule has 0 radical (unpaired) electrons. The second-order valence-corrected chi connectivity index (χ2v) is 8.42. The summed E-state index contributed by atoms with van der Waals surface area (Å²) in [6, 6.07) is 12.0. The number of rotatable bonds is 9. The molecule has 1 aliphatic heterocycles. The minimum absolute atomic E-state index is 0. The molecule has 3 rings (SSSR count). The first-order valence-electron chi connectivity index (χ1n) is 11.7. The number of likely N-dealkylation sites (tertiary alicyclic amines) is 1. The van der Waals surface area contributed by atoms with Gasteiger partial charge >= 0.3 is 0 Å². The van der Waals surface area contributed by atoms with Crippen molar-refractivity contribution in [3.05, 3.63) is 59.5 Å². The molecule has 8 heteroatoms. The van der Waals surface area contributed by atoms with E-state index in [1.807, 2.05) is 43.3 Å². The van der Waals surface area contributed by atoms with E-state index in [1.165, 1.54) is 19.3 Å². The summed E-state index contributed by atoms with van der Waals surface area (Å²) < 4.78 is 5.74. The van der Waals surface area contributed by atoms with E-state index >= 15 is 0 Å². The monoisotopic (exact) mass is 567 g/mol. The van der Waals surface area contributed by atoms with Gasteiger partial charge in [-0.3, -0.25) is 14.7 Å². The number of nitrogens with zero attached hydrogens (tertiary/aromatic N) is 2. The van der Waals surface area contributed by atoms with Crippen LogP contribution < -0.4 is 16.0 Å². The van der Waals surface area contributed by atoms with Gasteiger partial charge in [0.25, 0.3) is 5.91 Å². The van der Waals surface area contributed by atoms with Gasteiger partial charge in [0.2, 0.25) is 0 Å². The highest BCUT2D eigenvalue weighted by atomic mass is 127. The number of guanidine groups is 1. The maximum Gasteiger partial charge on any atom is 0.251 e. The number of amides is 1. The minimum atomic E-state index is -0.0356. The third kappa shape index (κ3) is 8.33. The fourth-order valence-corrected chi connectivity index (χ4v) is 3.95. The average molecular weight is 568 g/mol. The molecule has 2 unspecified atom stereocenters. The van der Waals surface area contributed by atoms with Crippen LogP contribution in [0.1, 0.15) is 67.3 Å². The van der Waals surface area contributed by atoms with Crippen molar-refractivity contribution in [1.82, 2.24) is 20.9 Å². The Balaban J connectivity index is 0.00000385. The Labute approximate surface area is 214 Å². The second kappa shape index (κ2) is 14.2. The van der Waals surface area contributed by atoms with Crippen molar-refractivity contribution in [2.45, 2.75) is 58.2 Å². The number of hydrogen-bond donors (Lipinski definition) is 3. The number of halogens is 1. The minimum Gasteiger partial charge on any atom is -0.468 e. The first kappa shape index (κ1) is 27.2. The molecule has 2 aromatic rings. The molecule has 182 valence electrons. The zero-order valence-corrected chi connectivity index (χ0v) is 22.3. The van der Waals surface area contributed by atoms with Crippen molar-refractivity contribution >= 4 is 35.8 Å². The van der Waals surface area contributed by atoms with Crippen LogP contribution in [0.4, 0.5) is 0 Å². The molecule has 1 saturated heterocycles. The second-order valence-electron chi connectivity index (χ2n) is 8.42. The number of hydrogen-bond acceptors (Lipinski definition) is 4. The Morgan fingerprint density at radius 1 is 1.15 bits per heavy atom. The molecule has 0 spiro atoms. The molecule has 0 aliphatic carbocycles. The van der Waals surface area contributed by atoms with Crippen LogP contribution in [-0.2, 0) is 6.54 Å². The Hall–Kier alpha value is -2.07. The van der Waals surface area contributed by atoms with Gasteiger partial charge in [0.05, 0.1) is 12.3 Å². The molecule has 1 aromatic heterocycles. The Morgan fingerprint density at radius 3 is 2.61 bits per heavy atom.